The molecular formula is C11H17N5O. The maximum atomic E-state index is 5.00. The van der Waals surface area contributed by atoms with Gasteiger partial charge in [0.05, 0.1) is 0 Å². The number of rotatable bonds is 6. The molecule has 0 saturated heterocycles. The average Bonchev–Trinajstić information content (AvgIpc) is 2.93. The summed E-state index contributed by atoms with van der Waals surface area (Å²) >= 11 is 0. The van der Waals surface area contributed by atoms with E-state index in [4.69, 9.17) is 4.74 Å². The van der Waals surface area contributed by atoms with Crippen molar-refractivity contribution in [2.24, 2.45) is 7.05 Å². The predicted octanol–water partition coefficient (Wildman–Crippen LogP) is 1.05. The molecule has 0 unspecified atom stereocenters. The van der Waals surface area contributed by atoms with Gasteiger partial charge in [0.25, 0.3) is 0 Å². The van der Waals surface area contributed by atoms with Gasteiger partial charge in [0, 0.05) is 52.0 Å². The molecule has 1 N–H and O–H groups in total. The van der Waals surface area contributed by atoms with E-state index in [9.17, 15) is 0 Å². The molecule has 0 aliphatic rings. The second kappa shape index (κ2) is 5.49. The molecule has 0 fully saturated rings. The van der Waals surface area contributed by atoms with Crippen molar-refractivity contribution in [1.29, 1.82) is 0 Å². The van der Waals surface area contributed by atoms with Gasteiger partial charge in [-0.15, -0.1) is 0 Å². The topological polar surface area (TPSA) is 56.9 Å². The minimum atomic E-state index is 0.747. The zero-order chi connectivity index (χ0) is 12.1. The predicted molar refractivity (Wildman–Crippen MR) is 65.3 cm³/mol. The number of hydrogen-bond donors (Lipinski definition) is 1. The van der Waals surface area contributed by atoms with Crippen LogP contribution in [0.1, 0.15) is 6.42 Å². The monoisotopic (exact) mass is 235 g/mol. The van der Waals surface area contributed by atoms with Crippen molar-refractivity contribution in [1.82, 2.24) is 19.3 Å². The molecule has 0 aliphatic heterocycles. The second-order valence-electron chi connectivity index (χ2n) is 3.74. The summed E-state index contributed by atoms with van der Waals surface area (Å²) < 4.78 is 8.69. The van der Waals surface area contributed by atoms with Crippen molar-refractivity contribution in [2.45, 2.75) is 6.42 Å². The van der Waals surface area contributed by atoms with Gasteiger partial charge in [-0.25, -0.2) is 4.98 Å². The van der Waals surface area contributed by atoms with Crippen molar-refractivity contribution >= 4 is 5.95 Å². The van der Waals surface area contributed by atoms with Crippen molar-refractivity contribution in [3.8, 4) is 5.82 Å². The Labute approximate surface area is 100 Å². The lowest BCUT2D eigenvalue weighted by atomic mass is 10.4. The molecule has 0 amide bonds. The average molecular weight is 235 g/mol. The Bertz CT molecular complexity index is 462. The SMILES string of the molecule is COCCCNc1nccn1-c1ccn(C)n1. The Kier molecular flexibility index (Phi) is 3.77. The number of nitrogens with zero attached hydrogens (tertiary/aromatic N) is 4. The normalized spacial score (nSPS) is 10.7. The summed E-state index contributed by atoms with van der Waals surface area (Å²) in [5.74, 6) is 1.67. The fourth-order valence-corrected chi connectivity index (χ4v) is 1.57. The van der Waals surface area contributed by atoms with Crippen molar-refractivity contribution in [3.63, 3.8) is 0 Å². The van der Waals surface area contributed by atoms with Gasteiger partial charge in [-0.2, -0.15) is 5.10 Å². The summed E-state index contributed by atoms with van der Waals surface area (Å²) in [6.07, 6.45) is 6.50. The van der Waals surface area contributed by atoms with Crippen molar-refractivity contribution in [2.75, 3.05) is 25.6 Å². The molecule has 0 radical (unpaired) electrons. The van der Waals surface area contributed by atoms with Crippen LogP contribution in [0.4, 0.5) is 5.95 Å². The van der Waals surface area contributed by atoms with Crippen LogP contribution in [0.2, 0.25) is 0 Å². The summed E-state index contributed by atoms with van der Waals surface area (Å²) in [7, 11) is 3.60. The first kappa shape index (κ1) is 11.7. The van der Waals surface area contributed by atoms with Crippen molar-refractivity contribution in [3.05, 3.63) is 24.7 Å². The van der Waals surface area contributed by atoms with Crippen LogP contribution in [-0.4, -0.2) is 39.6 Å². The van der Waals surface area contributed by atoms with Gasteiger partial charge in [0.1, 0.15) is 0 Å². The minimum Gasteiger partial charge on any atom is -0.385 e. The van der Waals surface area contributed by atoms with E-state index < -0.39 is 0 Å². The highest BCUT2D eigenvalue weighted by atomic mass is 16.5. The molecule has 2 heterocycles. The highest BCUT2D eigenvalue weighted by molar-refractivity contribution is 5.36. The molecular weight excluding hydrogens is 218 g/mol. The lowest BCUT2D eigenvalue weighted by Crippen LogP contribution is -2.09. The molecule has 0 saturated carbocycles. The number of anilines is 1. The Balaban J connectivity index is 2.02. The second-order valence-corrected chi connectivity index (χ2v) is 3.74. The van der Waals surface area contributed by atoms with Gasteiger partial charge in [0.15, 0.2) is 5.82 Å². The molecule has 6 heteroatoms. The largest absolute Gasteiger partial charge is 0.385 e. The van der Waals surface area contributed by atoms with E-state index in [0.29, 0.717) is 0 Å². The summed E-state index contributed by atoms with van der Waals surface area (Å²) in [6.45, 7) is 1.58. The van der Waals surface area contributed by atoms with E-state index in [2.05, 4.69) is 15.4 Å². The van der Waals surface area contributed by atoms with E-state index in [1.54, 1.807) is 18.0 Å². The highest BCUT2D eigenvalue weighted by Gasteiger charge is 2.06. The van der Waals surface area contributed by atoms with Crippen LogP contribution in [-0.2, 0) is 11.8 Å². The lowest BCUT2D eigenvalue weighted by molar-refractivity contribution is 0.197. The summed E-state index contributed by atoms with van der Waals surface area (Å²) in [4.78, 5) is 4.26. The number of methoxy groups -OCH3 is 1. The van der Waals surface area contributed by atoms with E-state index in [-0.39, 0.29) is 0 Å². The Morgan fingerprint density at radius 3 is 3.00 bits per heavy atom. The van der Waals surface area contributed by atoms with Crippen LogP contribution in [0.25, 0.3) is 5.82 Å². The molecule has 2 rings (SSSR count). The number of imidazole rings is 1. The standard InChI is InChI=1S/C11H17N5O/c1-15-7-4-10(14-15)16-8-6-13-11(16)12-5-3-9-17-2/h4,6-8H,3,5,9H2,1-2H3,(H,12,13). The molecule has 0 spiro atoms. The van der Waals surface area contributed by atoms with Crippen LogP contribution in [0.3, 0.4) is 0 Å². The quantitative estimate of drug-likeness (QED) is 0.760. The van der Waals surface area contributed by atoms with Gasteiger partial charge in [0.2, 0.25) is 5.95 Å². The lowest BCUT2D eigenvalue weighted by Gasteiger charge is -2.07. The number of aromatic nitrogens is 4. The van der Waals surface area contributed by atoms with Crippen LogP contribution in [0.5, 0.6) is 0 Å². The Morgan fingerprint density at radius 1 is 1.41 bits per heavy atom. The molecule has 2 aromatic heterocycles. The summed E-state index contributed by atoms with van der Waals surface area (Å²) in [6, 6.07) is 1.95. The molecule has 0 atom stereocenters. The molecule has 2 aromatic rings. The Hall–Kier alpha value is -1.82. The van der Waals surface area contributed by atoms with Gasteiger partial charge >= 0.3 is 0 Å². The van der Waals surface area contributed by atoms with Crippen LogP contribution in [0.15, 0.2) is 24.7 Å². The molecule has 17 heavy (non-hydrogen) atoms. The molecule has 0 aromatic carbocycles. The van der Waals surface area contributed by atoms with Crippen LogP contribution < -0.4 is 5.32 Å². The fourth-order valence-electron chi connectivity index (χ4n) is 1.57. The third kappa shape index (κ3) is 2.85. The van der Waals surface area contributed by atoms with E-state index >= 15 is 0 Å². The molecule has 0 aliphatic carbocycles. The fraction of sp³-hybridized carbons (Fsp3) is 0.455. The number of nitrogens with one attached hydrogen (secondary N) is 1. The van der Waals surface area contributed by atoms with Gasteiger partial charge in [-0.05, 0) is 6.42 Å². The van der Waals surface area contributed by atoms with Gasteiger partial charge < -0.3 is 10.1 Å². The maximum absolute atomic E-state index is 5.00. The first-order valence-electron chi connectivity index (χ1n) is 5.57. The third-order valence-corrected chi connectivity index (χ3v) is 2.40. The molecule has 0 bridgehead atoms. The summed E-state index contributed by atoms with van der Waals surface area (Å²) in [5, 5.41) is 7.59. The van der Waals surface area contributed by atoms with Crippen molar-refractivity contribution < 1.29 is 4.74 Å². The van der Waals surface area contributed by atoms with Crippen LogP contribution in [0, 0.1) is 0 Å². The third-order valence-electron chi connectivity index (χ3n) is 2.40. The molecule has 6 nitrogen and oxygen atoms in total. The number of hydrogen-bond acceptors (Lipinski definition) is 4. The summed E-state index contributed by atoms with van der Waals surface area (Å²) in [5.41, 5.74) is 0. The minimum absolute atomic E-state index is 0.747. The zero-order valence-electron chi connectivity index (χ0n) is 10.1. The smallest absolute Gasteiger partial charge is 0.208 e. The van der Waals surface area contributed by atoms with Gasteiger partial charge in [-0.3, -0.25) is 9.25 Å². The highest BCUT2D eigenvalue weighted by Crippen LogP contribution is 2.11. The van der Waals surface area contributed by atoms with E-state index in [0.717, 1.165) is 31.3 Å². The maximum Gasteiger partial charge on any atom is 0.208 e. The zero-order valence-corrected chi connectivity index (χ0v) is 10.1. The first-order valence-corrected chi connectivity index (χ1v) is 5.57. The first-order chi connectivity index (χ1) is 8.31. The van der Waals surface area contributed by atoms with E-state index in [1.807, 2.05) is 30.1 Å². The number of aryl methyl sites for hydroxylation is 1. The molecule has 92 valence electrons. The van der Waals surface area contributed by atoms with Crippen LogP contribution >= 0.6 is 0 Å². The Morgan fingerprint density at radius 2 is 2.29 bits per heavy atom. The van der Waals surface area contributed by atoms with Gasteiger partial charge in [-0.1, -0.05) is 0 Å². The number of ether oxygens (including phenoxy) is 1. The van der Waals surface area contributed by atoms with E-state index in [1.165, 1.54) is 0 Å².